The van der Waals surface area contributed by atoms with Gasteiger partial charge in [-0.05, 0) is 36.4 Å². The molecule has 0 aliphatic carbocycles. The van der Waals surface area contributed by atoms with Gasteiger partial charge < -0.3 is 20.4 Å². The van der Waals surface area contributed by atoms with Crippen LogP contribution in [0.4, 0.5) is 17.2 Å². The molecule has 25 heavy (non-hydrogen) atoms. The number of rotatable bonds is 7. The number of hydrogen-bond donors (Lipinski definition) is 3. The summed E-state index contributed by atoms with van der Waals surface area (Å²) in [5.74, 6) is 0.706. The third-order valence-corrected chi connectivity index (χ3v) is 4.30. The molecule has 0 aliphatic rings. The first-order valence-corrected chi connectivity index (χ1v) is 8.74. The molecule has 0 amide bonds. The number of anilines is 3. The van der Waals surface area contributed by atoms with Crippen molar-refractivity contribution in [3.05, 3.63) is 53.3 Å². The van der Waals surface area contributed by atoms with Gasteiger partial charge in [0.05, 0.1) is 18.7 Å². The normalized spacial score (nSPS) is 10.8. The van der Waals surface area contributed by atoms with Crippen molar-refractivity contribution in [2.45, 2.75) is 0 Å². The average molecular weight is 403 g/mol. The summed E-state index contributed by atoms with van der Waals surface area (Å²) in [5, 5.41) is 22.7. The number of aromatic nitrogens is 2. The molecule has 1 aromatic heterocycles. The summed E-state index contributed by atoms with van der Waals surface area (Å²) in [4.78, 5) is 10.6. The Labute approximate surface area is 154 Å². The van der Waals surface area contributed by atoms with E-state index in [0.29, 0.717) is 18.9 Å². The minimum Gasteiger partial charge on any atom is -0.395 e. The highest BCUT2D eigenvalue weighted by atomic mass is 79.9. The molecular formula is C18H19BrN4O2. The summed E-state index contributed by atoms with van der Waals surface area (Å²) in [6.07, 6.45) is 1.53. The fraction of sp³-hybridized carbons (Fsp3) is 0.222. The Bertz CT molecular complexity index is 853. The monoisotopic (exact) mass is 402 g/mol. The van der Waals surface area contributed by atoms with E-state index in [2.05, 4.69) is 31.2 Å². The van der Waals surface area contributed by atoms with Crippen LogP contribution in [0, 0.1) is 0 Å². The van der Waals surface area contributed by atoms with Gasteiger partial charge in [-0.3, -0.25) is 0 Å². The molecule has 0 fully saturated rings. The first kappa shape index (κ1) is 17.6. The van der Waals surface area contributed by atoms with E-state index < -0.39 is 0 Å². The van der Waals surface area contributed by atoms with Crippen molar-refractivity contribution < 1.29 is 10.2 Å². The van der Waals surface area contributed by atoms with Crippen LogP contribution in [0.25, 0.3) is 10.9 Å². The predicted molar refractivity (Wildman–Crippen MR) is 103 cm³/mol. The highest BCUT2D eigenvalue weighted by Crippen LogP contribution is 2.28. The summed E-state index contributed by atoms with van der Waals surface area (Å²) < 4.78 is 0.980. The third-order valence-electron chi connectivity index (χ3n) is 3.81. The molecule has 3 aromatic rings. The number of nitrogens with zero attached hydrogens (tertiary/aromatic N) is 3. The lowest BCUT2D eigenvalue weighted by Gasteiger charge is -2.23. The van der Waals surface area contributed by atoms with Gasteiger partial charge >= 0.3 is 0 Å². The third kappa shape index (κ3) is 4.25. The molecule has 3 N–H and O–H groups in total. The van der Waals surface area contributed by atoms with Crippen molar-refractivity contribution in [2.24, 2.45) is 0 Å². The van der Waals surface area contributed by atoms with Gasteiger partial charge in [-0.15, -0.1) is 0 Å². The van der Waals surface area contributed by atoms with E-state index in [4.69, 9.17) is 0 Å². The van der Waals surface area contributed by atoms with Crippen molar-refractivity contribution in [1.29, 1.82) is 0 Å². The quantitative estimate of drug-likeness (QED) is 0.563. The van der Waals surface area contributed by atoms with Crippen LogP contribution >= 0.6 is 15.9 Å². The van der Waals surface area contributed by atoms with Crippen molar-refractivity contribution >= 4 is 44.0 Å². The van der Waals surface area contributed by atoms with Gasteiger partial charge in [0, 0.05) is 34.3 Å². The van der Waals surface area contributed by atoms with Gasteiger partial charge in [-0.2, -0.15) is 0 Å². The SMILES string of the molecule is OCCN(CCO)c1ccc2ncnc(Nc3cccc(Br)c3)c2c1. The molecule has 1 heterocycles. The van der Waals surface area contributed by atoms with Gasteiger partial charge in [0.2, 0.25) is 0 Å². The fourth-order valence-corrected chi connectivity index (χ4v) is 3.05. The van der Waals surface area contributed by atoms with Crippen LogP contribution in [0.15, 0.2) is 53.3 Å². The van der Waals surface area contributed by atoms with E-state index in [9.17, 15) is 10.2 Å². The van der Waals surface area contributed by atoms with E-state index in [-0.39, 0.29) is 13.2 Å². The first-order chi connectivity index (χ1) is 12.2. The molecule has 0 bridgehead atoms. The van der Waals surface area contributed by atoms with E-state index >= 15 is 0 Å². The summed E-state index contributed by atoms with van der Waals surface area (Å²) in [5.41, 5.74) is 2.65. The molecule has 2 aromatic carbocycles. The molecular weight excluding hydrogens is 384 g/mol. The molecule has 0 spiro atoms. The number of fused-ring (bicyclic) bond motifs is 1. The Balaban J connectivity index is 1.99. The Hall–Kier alpha value is -2.22. The molecule has 0 saturated carbocycles. The standard InChI is InChI=1S/C18H19BrN4O2/c19-13-2-1-3-14(10-13)22-18-16-11-15(23(6-8-24)7-9-25)4-5-17(16)20-12-21-18/h1-5,10-12,24-25H,6-9H2,(H,20,21,22). The number of hydrogen-bond acceptors (Lipinski definition) is 6. The van der Waals surface area contributed by atoms with E-state index in [0.717, 1.165) is 26.8 Å². The highest BCUT2D eigenvalue weighted by molar-refractivity contribution is 9.10. The minimum absolute atomic E-state index is 0.0203. The largest absolute Gasteiger partial charge is 0.395 e. The lowest BCUT2D eigenvalue weighted by atomic mass is 10.2. The highest BCUT2D eigenvalue weighted by Gasteiger charge is 2.10. The van der Waals surface area contributed by atoms with Gasteiger partial charge in [-0.1, -0.05) is 22.0 Å². The summed E-state index contributed by atoms with van der Waals surface area (Å²) in [7, 11) is 0. The zero-order valence-electron chi connectivity index (χ0n) is 13.6. The van der Waals surface area contributed by atoms with Crippen LogP contribution in [0.5, 0.6) is 0 Å². The first-order valence-electron chi connectivity index (χ1n) is 7.95. The lowest BCUT2D eigenvalue weighted by Crippen LogP contribution is -2.29. The van der Waals surface area contributed by atoms with Crippen molar-refractivity contribution in [3.8, 4) is 0 Å². The van der Waals surface area contributed by atoms with E-state index in [1.165, 1.54) is 6.33 Å². The predicted octanol–water partition coefficient (Wildman–Crippen LogP) is 2.93. The second-order valence-corrected chi connectivity index (χ2v) is 6.41. The maximum Gasteiger partial charge on any atom is 0.141 e. The summed E-state index contributed by atoms with van der Waals surface area (Å²) in [6, 6.07) is 13.7. The minimum atomic E-state index is 0.0203. The average Bonchev–Trinajstić information content (AvgIpc) is 2.62. The summed E-state index contributed by atoms with van der Waals surface area (Å²) >= 11 is 3.46. The topological polar surface area (TPSA) is 81.5 Å². The Morgan fingerprint density at radius 2 is 1.80 bits per heavy atom. The molecule has 6 nitrogen and oxygen atoms in total. The van der Waals surface area contributed by atoms with Crippen LogP contribution in [0.1, 0.15) is 0 Å². The molecule has 0 unspecified atom stereocenters. The maximum atomic E-state index is 9.25. The molecule has 0 atom stereocenters. The lowest BCUT2D eigenvalue weighted by molar-refractivity contribution is 0.281. The van der Waals surface area contributed by atoms with Gasteiger partial charge in [0.1, 0.15) is 12.1 Å². The van der Waals surface area contributed by atoms with Gasteiger partial charge in [0.15, 0.2) is 0 Å². The van der Waals surface area contributed by atoms with Crippen LogP contribution in [0.3, 0.4) is 0 Å². The molecule has 130 valence electrons. The van der Waals surface area contributed by atoms with Gasteiger partial charge in [-0.25, -0.2) is 9.97 Å². The smallest absolute Gasteiger partial charge is 0.141 e. The van der Waals surface area contributed by atoms with Crippen molar-refractivity contribution in [2.75, 3.05) is 36.5 Å². The molecule has 0 saturated heterocycles. The van der Waals surface area contributed by atoms with Crippen LogP contribution < -0.4 is 10.2 Å². The molecule has 7 heteroatoms. The number of aliphatic hydroxyl groups excluding tert-OH is 2. The number of aliphatic hydroxyl groups is 2. The second-order valence-electron chi connectivity index (χ2n) is 5.49. The Kier molecular flexibility index (Phi) is 5.80. The number of nitrogens with one attached hydrogen (secondary N) is 1. The van der Waals surface area contributed by atoms with Crippen molar-refractivity contribution in [3.63, 3.8) is 0 Å². The Morgan fingerprint density at radius 1 is 1.00 bits per heavy atom. The van der Waals surface area contributed by atoms with Crippen LogP contribution in [0.2, 0.25) is 0 Å². The number of benzene rings is 2. The van der Waals surface area contributed by atoms with Gasteiger partial charge in [0.25, 0.3) is 0 Å². The van der Waals surface area contributed by atoms with Crippen molar-refractivity contribution in [1.82, 2.24) is 9.97 Å². The maximum absolute atomic E-state index is 9.25. The van der Waals surface area contributed by atoms with E-state index in [1.54, 1.807) is 0 Å². The fourth-order valence-electron chi connectivity index (χ4n) is 2.66. The van der Waals surface area contributed by atoms with Crippen LogP contribution in [-0.4, -0.2) is 46.5 Å². The van der Waals surface area contributed by atoms with E-state index in [1.807, 2.05) is 47.4 Å². The molecule has 0 radical (unpaired) electrons. The zero-order chi connectivity index (χ0) is 17.6. The second kappa shape index (κ2) is 8.24. The molecule has 0 aliphatic heterocycles. The Morgan fingerprint density at radius 3 is 2.52 bits per heavy atom. The molecule has 3 rings (SSSR count). The zero-order valence-corrected chi connectivity index (χ0v) is 15.1. The van der Waals surface area contributed by atoms with Crippen LogP contribution in [-0.2, 0) is 0 Å². The number of halogens is 1. The summed E-state index contributed by atoms with van der Waals surface area (Å²) in [6.45, 7) is 0.946.